The minimum absolute atomic E-state index is 0.350. The zero-order valence-electron chi connectivity index (χ0n) is 11.5. The van der Waals surface area contributed by atoms with E-state index in [4.69, 9.17) is 5.73 Å². The van der Waals surface area contributed by atoms with Crippen LogP contribution in [-0.2, 0) is 0 Å². The fourth-order valence-electron chi connectivity index (χ4n) is 2.37. The standard InChI is InChI=1S/C13H25N5/c1-3-4-5-10(2)12-15-13(17-16-12)18-8-6-11(14)7-9-18/h10-11H,3-9,14H2,1-2H3,(H,15,16,17). The van der Waals surface area contributed by atoms with Gasteiger partial charge in [0.05, 0.1) is 0 Å². The van der Waals surface area contributed by atoms with Gasteiger partial charge in [-0.05, 0) is 19.3 Å². The van der Waals surface area contributed by atoms with Gasteiger partial charge in [-0.1, -0.05) is 26.7 Å². The molecule has 3 N–H and O–H groups in total. The zero-order chi connectivity index (χ0) is 13.0. The molecule has 0 saturated carbocycles. The molecule has 1 aromatic rings. The first-order chi connectivity index (χ1) is 8.70. The number of nitrogens with two attached hydrogens (primary N) is 1. The van der Waals surface area contributed by atoms with E-state index < -0.39 is 0 Å². The number of hydrogen-bond acceptors (Lipinski definition) is 4. The minimum Gasteiger partial charge on any atom is -0.339 e. The van der Waals surface area contributed by atoms with Crippen LogP contribution in [0.15, 0.2) is 0 Å². The summed E-state index contributed by atoms with van der Waals surface area (Å²) >= 11 is 0. The van der Waals surface area contributed by atoms with Crippen molar-refractivity contribution in [2.24, 2.45) is 5.73 Å². The van der Waals surface area contributed by atoms with Crippen LogP contribution in [0, 0.1) is 0 Å². The van der Waals surface area contributed by atoms with E-state index in [0.29, 0.717) is 12.0 Å². The number of nitrogens with zero attached hydrogens (tertiary/aromatic N) is 3. The highest BCUT2D eigenvalue weighted by Crippen LogP contribution is 2.21. The maximum absolute atomic E-state index is 5.91. The van der Waals surface area contributed by atoms with Crippen LogP contribution in [-0.4, -0.2) is 34.3 Å². The monoisotopic (exact) mass is 251 g/mol. The first-order valence-corrected chi connectivity index (χ1v) is 7.13. The molecule has 0 bridgehead atoms. The van der Waals surface area contributed by atoms with Crippen molar-refractivity contribution in [3.8, 4) is 0 Å². The van der Waals surface area contributed by atoms with Crippen molar-refractivity contribution in [2.75, 3.05) is 18.0 Å². The van der Waals surface area contributed by atoms with Gasteiger partial charge < -0.3 is 10.6 Å². The van der Waals surface area contributed by atoms with Crippen molar-refractivity contribution in [3.05, 3.63) is 5.82 Å². The number of nitrogens with one attached hydrogen (secondary N) is 1. The van der Waals surface area contributed by atoms with Crippen LogP contribution in [0.2, 0.25) is 0 Å². The Labute approximate surface area is 109 Å². The van der Waals surface area contributed by atoms with Gasteiger partial charge in [0.25, 0.3) is 0 Å². The molecule has 5 nitrogen and oxygen atoms in total. The second-order valence-electron chi connectivity index (χ2n) is 5.39. The van der Waals surface area contributed by atoms with Crippen LogP contribution in [0.25, 0.3) is 0 Å². The fourth-order valence-corrected chi connectivity index (χ4v) is 2.37. The Hall–Kier alpha value is -1.10. The molecule has 0 aliphatic carbocycles. The molecule has 0 amide bonds. The van der Waals surface area contributed by atoms with Crippen LogP contribution in [0.4, 0.5) is 5.95 Å². The highest BCUT2D eigenvalue weighted by atomic mass is 15.4. The molecule has 18 heavy (non-hydrogen) atoms. The van der Waals surface area contributed by atoms with E-state index in [9.17, 15) is 0 Å². The van der Waals surface area contributed by atoms with E-state index in [1.54, 1.807) is 0 Å². The summed E-state index contributed by atoms with van der Waals surface area (Å²) in [6, 6.07) is 0.350. The Morgan fingerprint density at radius 3 is 2.83 bits per heavy atom. The second-order valence-corrected chi connectivity index (χ2v) is 5.39. The van der Waals surface area contributed by atoms with Gasteiger partial charge in [0, 0.05) is 25.0 Å². The van der Waals surface area contributed by atoms with Crippen molar-refractivity contribution in [2.45, 2.75) is 57.9 Å². The number of aromatic nitrogens is 3. The molecular weight excluding hydrogens is 226 g/mol. The predicted molar refractivity (Wildman–Crippen MR) is 73.7 cm³/mol. The molecule has 5 heteroatoms. The quantitative estimate of drug-likeness (QED) is 0.840. The van der Waals surface area contributed by atoms with Gasteiger partial charge in [0.2, 0.25) is 5.95 Å². The number of anilines is 1. The summed E-state index contributed by atoms with van der Waals surface area (Å²) in [6.07, 6.45) is 5.73. The molecular formula is C13H25N5. The predicted octanol–water partition coefficient (Wildman–Crippen LogP) is 2.03. The summed E-state index contributed by atoms with van der Waals surface area (Å²) in [5.74, 6) is 2.34. The van der Waals surface area contributed by atoms with E-state index in [1.165, 1.54) is 19.3 Å². The lowest BCUT2D eigenvalue weighted by molar-refractivity contribution is 0.496. The van der Waals surface area contributed by atoms with E-state index >= 15 is 0 Å². The number of H-pyrrole nitrogens is 1. The molecule has 1 aliphatic heterocycles. The normalized spacial score (nSPS) is 19.2. The molecule has 1 aliphatic rings. The number of hydrogen-bond donors (Lipinski definition) is 2. The number of aromatic amines is 1. The molecule has 1 saturated heterocycles. The van der Waals surface area contributed by atoms with Crippen LogP contribution in [0.1, 0.15) is 57.7 Å². The van der Waals surface area contributed by atoms with E-state index in [2.05, 4.69) is 33.9 Å². The molecule has 1 atom stereocenters. The first-order valence-electron chi connectivity index (χ1n) is 7.13. The van der Waals surface area contributed by atoms with Crippen molar-refractivity contribution < 1.29 is 0 Å². The van der Waals surface area contributed by atoms with Crippen LogP contribution in [0.5, 0.6) is 0 Å². The lowest BCUT2D eigenvalue weighted by Crippen LogP contribution is -2.40. The maximum atomic E-state index is 5.91. The average molecular weight is 251 g/mol. The second kappa shape index (κ2) is 6.18. The number of unbranched alkanes of at least 4 members (excludes halogenated alkanes) is 1. The highest BCUT2D eigenvalue weighted by molar-refractivity contribution is 5.29. The lowest BCUT2D eigenvalue weighted by atomic mass is 10.0. The molecule has 1 aromatic heterocycles. The molecule has 0 aromatic carbocycles. The number of piperidine rings is 1. The Balaban J connectivity index is 1.93. The summed E-state index contributed by atoms with van der Waals surface area (Å²) in [5, 5.41) is 7.43. The van der Waals surface area contributed by atoms with Gasteiger partial charge in [-0.3, -0.25) is 5.10 Å². The van der Waals surface area contributed by atoms with Gasteiger partial charge in [0.15, 0.2) is 0 Å². The maximum Gasteiger partial charge on any atom is 0.244 e. The molecule has 1 unspecified atom stereocenters. The van der Waals surface area contributed by atoms with E-state index in [0.717, 1.165) is 37.7 Å². The summed E-state index contributed by atoms with van der Waals surface area (Å²) in [7, 11) is 0. The van der Waals surface area contributed by atoms with Gasteiger partial charge in [-0.15, -0.1) is 5.10 Å². The first kappa shape index (κ1) is 13.3. The van der Waals surface area contributed by atoms with Crippen molar-refractivity contribution in [1.29, 1.82) is 0 Å². The van der Waals surface area contributed by atoms with Gasteiger partial charge in [-0.2, -0.15) is 4.98 Å². The molecule has 0 radical (unpaired) electrons. The van der Waals surface area contributed by atoms with E-state index in [-0.39, 0.29) is 0 Å². The average Bonchev–Trinajstić information content (AvgIpc) is 2.86. The minimum atomic E-state index is 0.350. The summed E-state index contributed by atoms with van der Waals surface area (Å²) < 4.78 is 0. The third-order valence-corrected chi connectivity index (χ3v) is 3.77. The SMILES string of the molecule is CCCCC(C)c1nc(N2CCC(N)CC2)n[nH]1. The molecule has 1 fully saturated rings. The van der Waals surface area contributed by atoms with Gasteiger partial charge in [-0.25, -0.2) is 0 Å². The van der Waals surface area contributed by atoms with Gasteiger partial charge in [0.1, 0.15) is 5.82 Å². The summed E-state index contributed by atoms with van der Waals surface area (Å²) in [5.41, 5.74) is 5.91. The molecule has 2 rings (SSSR count). The molecule has 0 spiro atoms. The smallest absolute Gasteiger partial charge is 0.244 e. The third-order valence-electron chi connectivity index (χ3n) is 3.77. The van der Waals surface area contributed by atoms with Crippen LogP contribution >= 0.6 is 0 Å². The topological polar surface area (TPSA) is 70.8 Å². The van der Waals surface area contributed by atoms with Crippen molar-refractivity contribution >= 4 is 5.95 Å². The third kappa shape index (κ3) is 3.22. The summed E-state index contributed by atoms with van der Waals surface area (Å²) in [4.78, 5) is 6.86. The van der Waals surface area contributed by atoms with Crippen molar-refractivity contribution in [1.82, 2.24) is 15.2 Å². The fraction of sp³-hybridized carbons (Fsp3) is 0.846. The van der Waals surface area contributed by atoms with Crippen LogP contribution < -0.4 is 10.6 Å². The van der Waals surface area contributed by atoms with E-state index in [1.807, 2.05) is 0 Å². The Morgan fingerprint density at radius 2 is 2.17 bits per heavy atom. The largest absolute Gasteiger partial charge is 0.339 e. The van der Waals surface area contributed by atoms with Crippen LogP contribution in [0.3, 0.4) is 0 Å². The molecule has 2 heterocycles. The Kier molecular flexibility index (Phi) is 4.58. The van der Waals surface area contributed by atoms with Gasteiger partial charge >= 0.3 is 0 Å². The highest BCUT2D eigenvalue weighted by Gasteiger charge is 2.20. The summed E-state index contributed by atoms with van der Waals surface area (Å²) in [6.45, 7) is 6.38. The number of rotatable bonds is 5. The Morgan fingerprint density at radius 1 is 1.44 bits per heavy atom. The Bertz CT molecular complexity index is 354. The lowest BCUT2D eigenvalue weighted by Gasteiger charge is -2.28. The zero-order valence-corrected chi connectivity index (χ0v) is 11.5. The molecule has 102 valence electrons. The van der Waals surface area contributed by atoms with Crippen molar-refractivity contribution in [3.63, 3.8) is 0 Å².